The Hall–Kier alpha value is -3.04. The number of benzene rings is 3. The molecule has 184 valence electrons. The van der Waals surface area contributed by atoms with Crippen LogP contribution in [0.15, 0.2) is 60.7 Å². The van der Waals surface area contributed by atoms with Crippen LogP contribution < -0.4 is 5.32 Å². The van der Waals surface area contributed by atoms with Gasteiger partial charge < -0.3 is 5.32 Å². The Balaban J connectivity index is 1.64. The minimum absolute atomic E-state index is 0.139. The van der Waals surface area contributed by atoms with E-state index in [0.29, 0.717) is 12.6 Å². The van der Waals surface area contributed by atoms with Gasteiger partial charge in [0.2, 0.25) is 0 Å². The van der Waals surface area contributed by atoms with Crippen LogP contribution >= 0.6 is 11.6 Å². The van der Waals surface area contributed by atoms with E-state index in [1.54, 1.807) is 0 Å². The van der Waals surface area contributed by atoms with Gasteiger partial charge in [-0.05, 0) is 29.3 Å². The van der Waals surface area contributed by atoms with Gasteiger partial charge in [0.25, 0.3) is 5.91 Å². The number of carbonyl (C=O) groups excluding carboxylic acids is 1. The predicted molar refractivity (Wildman–Crippen MR) is 118 cm³/mol. The highest BCUT2D eigenvalue weighted by Gasteiger charge is 2.38. The highest BCUT2D eigenvalue weighted by molar-refractivity contribution is 6.34. The van der Waals surface area contributed by atoms with Crippen molar-refractivity contribution in [2.45, 2.75) is 24.7 Å². The first kappa shape index (κ1) is 25.1. The van der Waals surface area contributed by atoms with Gasteiger partial charge in [0.1, 0.15) is 5.82 Å². The first-order chi connectivity index (χ1) is 16.5. The lowest BCUT2D eigenvalue weighted by Crippen LogP contribution is -2.40. The zero-order valence-electron chi connectivity index (χ0n) is 18.1. The molecule has 1 N–H and O–H groups in total. The largest absolute Gasteiger partial charge is 0.417 e. The molecule has 0 saturated carbocycles. The highest BCUT2D eigenvalue weighted by Crippen LogP contribution is 2.37. The van der Waals surface area contributed by atoms with Crippen molar-refractivity contribution < 1.29 is 31.1 Å². The molecule has 0 unspecified atom stereocenters. The molecule has 1 aliphatic heterocycles. The fourth-order valence-corrected chi connectivity index (χ4v) is 4.63. The van der Waals surface area contributed by atoms with Gasteiger partial charge in [-0.25, -0.2) is 13.2 Å². The third-order valence-corrected chi connectivity index (χ3v) is 6.36. The Bertz CT molecular complexity index is 1230. The van der Waals surface area contributed by atoms with Gasteiger partial charge in [0.15, 0.2) is 11.6 Å². The molecular formula is C25H19ClF6N2O. The monoisotopic (exact) mass is 512 g/mol. The van der Waals surface area contributed by atoms with Crippen molar-refractivity contribution in [2.75, 3.05) is 13.1 Å². The van der Waals surface area contributed by atoms with Gasteiger partial charge in [-0.15, -0.1) is 0 Å². The van der Waals surface area contributed by atoms with Crippen LogP contribution in [0.4, 0.5) is 26.3 Å². The zero-order valence-corrected chi connectivity index (χ0v) is 18.8. The molecule has 0 aliphatic carbocycles. The fourth-order valence-electron chi connectivity index (χ4n) is 4.31. The number of rotatable bonds is 5. The zero-order chi connectivity index (χ0) is 25.3. The fraction of sp³-hybridized carbons (Fsp3) is 0.240. The molecule has 1 amide bonds. The number of amides is 1. The average Bonchev–Trinajstić information content (AvgIpc) is 3.17. The van der Waals surface area contributed by atoms with Crippen LogP contribution in [0.1, 0.15) is 33.0 Å². The molecule has 10 heteroatoms. The van der Waals surface area contributed by atoms with Crippen LogP contribution in [0.5, 0.6) is 0 Å². The molecule has 2 atom stereocenters. The van der Waals surface area contributed by atoms with E-state index >= 15 is 0 Å². The maximum absolute atomic E-state index is 14.6. The Morgan fingerprint density at radius 3 is 2.31 bits per heavy atom. The van der Waals surface area contributed by atoms with E-state index < -0.39 is 57.6 Å². The third kappa shape index (κ3) is 5.46. The number of alkyl halides is 3. The van der Waals surface area contributed by atoms with Gasteiger partial charge in [-0.3, -0.25) is 9.69 Å². The summed E-state index contributed by atoms with van der Waals surface area (Å²) >= 11 is 5.88. The molecule has 3 aromatic rings. The first-order valence-corrected chi connectivity index (χ1v) is 11.0. The minimum Gasteiger partial charge on any atom is -0.347 e. The molecule has 0 bridgehead atoms. The number of nitrogens with zero attached hydrogens (tertiary/aromatic N) is 1. The Morgan fingerprint density at radius 2 is 1.63 bits per heavy atom. The molecule has 0 spiro atoms. The van der Waals surface area contributed by atoms with E-state index in [-0.39, 0.29) is 18.7 Å². The van der Waals surface area contributed by atoms with Crippen molar-refractivity contribution in [1.29, 1.82) is 0 Å². The van der Waals surface area contributed by atoms with E-state index in [0.717, 1.165) is 29.8 Å². The van der Waals surface area contributed by atoms with E-state index in [1.165, 1.54) is 0 Å². The molecule has 3 nitrogen and oxygen atoms in total. The van der Waals surface area contributed by atoms with Crippen LogP contribution in [0.2, 0.25) is 5.02 Å². The number of carbonyl (C=O) groups is 1. The number of likely N-dealkylation sites (tertiary alicyclic amines) is 1. The second kappa shape index (κ2) is 9.91. The molecule has 4 rings (SSSR count). The van der Waals surface area contributed by atoms with Gasteiger partial charge in [0.05, 0.1) is 22.2 Å². The van der Waals surface area contributed by atoms with Gasteiger partial charge in [0, 0.05) is 31.6 Å². The molecule has 0 aromatic heterocycles. The minimum atomic E-state index is -4.76. The van der Waals surface area contributed by atoms with E-state index in [2.05, 4.69) is 5.32 Å². The second-order valence-electron chi connectivity index (χ2n) is 8.32. The molecule has 1 heterocycles. The predicted octanol–water partition coefficient (Wildman–Crippen LogP) is 6.17. The summed E-state index contributed by atoms with van der Waals surface area (Å²) in [4.78, 5) is 14.8. The van der Waals surface area contributed by atoms with Crippen molar-refractivity contribution in [1.82, 2.24) is 10.2 Å². The standard InChI is InChI=1S/C25H19ClF6N2O/c26-23-15(7-4-8-18(23)25(30,31)32)24(35)33-22-13-34(11-14-5-2-1-3-6-14)12-17(22)16-9-20(28)21(29)10-19(16)27/h1-10,17,22H,11-13H2,(H,33,35)/t17-,22+/m1/s1. The summed E-state index contributed by atoms with van der Waals surface area (Å²) in [5, 5.41) is 1.87. The molecule has 1 fully saturated rings. The highest BCUT2D eigenvalue weighted by atomic mass is 35.5. The quantitative estimate of drug-likeness (QED) is 0.327. The maximum atomic E-state index is 14.6. The summed E-state index contributed by atoms with van der Waals surface area (Å²) in [6.45, 7) is 0.817. The van der Waals surface area contributed by atoms with Gasteiger partial charge >= 0.3 is 6.18 Å². The number of halogens is 7. The lowest BCUT2D eigenvalue weighted by atomic mass is 9.93. The molecular weight excluding hydrogens is 494 g/mol. The van der Waals surface area contributed by atoms with Crippen LogP contribution in [0.25, 0.3) is 0 Å². The first-order valence-electron chi connectivity index (χ1n) is 10.6. The Kier molecular flexibility index (Phi) is 7.10. The summed E-state index contributed by atoms with van der Waals surface area (Å²) in [5.41, 5.74) is -0.760. The molecule has 3 aromatic carbocycles. The van der Waals surface area contributed by atoms with Crippen molar-refractivity contribution in [3.8, 4) is 0 Å². The molecule has 35 heavy (non-hydrogen) atoms. The average molecular weight is 513 g/mol. The third-order valence-electron chi connectivity index (χ3n) is 5.95. The summed E-state index contributed by atoms with van der Waals surface area (Å²) in [6, 6.07) is 12.6. The van der Waals surface area contributed by atoms with E-state index in [9.17, 15) is 31.1 Å². The van der Waals surface area contributed by atoms with Gasteiger partial charge in [-0.1, -0.05) is 48.0 Å². The summed E-state index contributed by atoms with van der Waals surface area (Å²) < 4.78 is 81.8. The lowest BCUT2D eigenvalue weighted by Gasteiger charge is -2.22. The van der Waals surface area contributed by atoms with Crippen LogP contribution in [-0.2, 0) is 12.7 Å². The van der Waals surface area contributed by atoms with Crippen molar-refractivity contribution in [3.63, 3.8) is 0 Å². The number of nitrogens with one attached hydrogen (secondary N) is 1. The topological polar surface area (TPSA) is 32.3 Å². The molecule has 1 aliphatic rings. The normalized spacial score (nSPS) is 18.6. The van der Waals surface area contributed by atoms with Crippen LogP contribution in [0, 0.1) is 17.5 Å². The Morgan fingerprint density at radius 1 is 0.943 bits per heavy atom. The lowest BCUT2D eigenvalue weighted by molar-refractivity contribution is -0.137. The van der Waals surface area contributed by atoms with E-state index in [4.69, 9.17) is 11.6 Å². The molecule has 0 radical (unpaired) electrons. The maximum Gasteiger partial charge on any atom is 0.417 e. The summed E-state index contributed by atoms with van der Waals surface area (Å²) in [7, 11) is 0. The second-order valence-corrected chi connectivity index (χ2v) is 8.70. The summed E-state index contributed by atoms with van der Waals surface area (Å²) in [6.07, 6.45) is -4.76. The molecule has 1 saturated heterocycles. The van der Waals surface area contributed by atoms with Gasteiger partial charge in [-0.2, -0.15) is 13.2 Å². The summed E-state index contributed by atoms with van der Waals surface area (Å²) in [5.74, 6) is -5.24. The SMILES string of the molecule is O=C(N[C@H]1CN(Cc2ccccc2)C[C@@H]1c1cc(F)c(F)cc1F)c1cccc(C(F)(F)F)c1Cl. The van der Waals surface area contributed by atoms with Crippen molar-refractivity contribution in [2.24, 2.45) is 0 Å². The van der Waals surface area contributed by atoms with Crippen molar-refractivity contribution in [3.05, 3.63) is 105 Å². The number of hydrogen-bond acceptors (Lipinski definition) is 2. The van der Waals surface area contributed by atoms with Crippen LogP contribution in [0.3, 0.4) is 0 Å². The Labute approximate surface area is 202 Å². The van der Waals surface area contributed by atoms with E-state index in [1.807, 2.05) is 35.2 Å². The van der Waals surface area contributed by atoms with Crippen LogP contribution in [-0.4, -0.2) is 29.9 Å². The number of hydrogen-bond donors (Lipinski definition) is 1. The van der Waals surface area contributed by atoms with Crippen molar-refractivity contribution >= 4 is 17.5 Å². The smallest absolute Gasteiger partial charge is 0.347 e.